The van der Waals surface area contributed by atoms with Gasteiger partial charge in [-0.15, -0.1) is 10.1 Å². The van der Waals surface area contributed by atoms with Crippen LogP contribution in [0.15, 0.2) is 0 Å². The van der Waals surface area contributed by atoms with Crippen molar-refractivity contribution in [2.75, 3.05) is 0 Å². The molecule has 0 aromatic heterocycles. The van der Waals surface area contributed by atoms with Crippen LogP contribution >= 0.6 is 0 Å². The second-order valence-corrected chi connectivity index (χ2v) is 0.520. The maximum absolute atomic E-state index is 8.56. The van der Waals surface area contributed by atoms with E-state index in [1.165, 1.54) is 0 Å². The molecule has 0 aromatic rings. The van der Waals surface area contributed by atoms with E-state index in [2.05, 4.69) is 0 Å². The molecule has 10 heavy (non-hydrogen) atoms. The first-order valence-corrected chi connectivity index (χ1v) is 1.22. The van der Waals surface area contributed by atoms with Crippen molar-refractivity contribution in [3.05, 3.63) is 10.1 Å². The van der Waals surface area contributed by atoms with Gasteiger partial charge >= 0.3 is 87.1 Å². The van der Waals surface area contributed by atoms with Crippen LogP contribution in [0.5, 0.6) is 0 Å². The third-order valence-corrected chi connectivity index (χ3v) is 0. The van der Waals surface area contributed by atoms with Crippen molar-refractivity contribution >= 4 is 87.1 Å². The molecule has 0 fully saturated rings. The van der Waals surface area contributed by atoms with Gasteiger partial charge in [0.25, 0.3) is 5.09 Å². The summed E-state index contributed by atoms with van der Waals surface area (Å²) in [6.07, 6.45) is -1.83. The fourth-order valence-corrected chi connectivity index (χ4v) is 0. The quantitative estimate of drug-likeness (QED) is 0.244. The Morgan fingerprint density at radius 3 is 1.40 bits per heavy atom. The Hall–Kier alpha value is 1.11. The molecule has 0 radical (unpaired) electrons. The SMILES string of the molecule is O=C(O)O.O=[N+]([O-])O.[KH].[NaH]. The first-order valence-electron chi connectivity index (χ1n) is 1.22. The molecule has 0 unspecified atom stereocenters. The van der Waals surface area contributed by atoms with Crippen molar-refractivity contribution in [2.45, 2.75) is 0 Å². The Balaban J connectivity index is -0.0000000300. The molecule has 7 nitrogen and oxygen atoms in total. The molecule has 0 bridgehead atoms. The zero-order valence-electron chi connectivity index (χ0n) is 3.51. The molecule has 0 aliphatic heterocycles. The van der Waals surface area contributed by atoms with Crippen LogP contribution in [-0.4, -0.2) is 108 Å². The van der Waals surface area contributed by atoms with Crippen molar-refractivity contribution in [1.82, 2.24) is 0 Å². The number of rotatable bonds is 0. The second-order valence-electron chi connectivity index (χ2n) is 0.520. The van der Waals surface area contributed by atoms with Crippen molar-refractivity contribution in [2.24, 2.45) is 0 Å². The van der Waals surface area contributed by atoms with E-state index in [-0.39, 0.29) is 80.9 Å². The van der Waals surface area contributed by atoms with Crippen molar-refractivity contribution < 1.29 is 25.3 Å². The molecular weight excluding hydrogens is 184 g/mol. The topological polar surface area (TPSA) is 121 Å². The van der Waals surface area contributed by atoms with Crippen LogP contribution in [0.3, 0.4) is 0 Å². The second kappa shape index (κ2) is 16.6. The molecule has 0 spiro atoms. The summed E-state index contributed by atoms with van der Waals surface area (Å²) in [7, 11) is 0. The Kier molecular flexibility index (Phi) is 37.3. The zero-order chi connectivity index (χ0) is 7.15. The van der Waals surface area contributed by atoms with Crippen LogP contribution in [0.1, 0.15) is 0 Å². The van der Waals surface area contributed by atoms with Crippen LogP contribution in [-0.2, 0) is 0 Å². The van der Waals surface area contributed by atoms with Gasteiger partial charge in [-0.05, 0) is 0 Å². The maximum atomic E-state index is 8.56. The average molecular weight is 189 g/mol. The fourth-order valence-electron chi connectivity index (χ4n) is 0. The van der Waals surface area contributed by atoms with Gasteiger partial charge in [-0.1, -0.05) is 0 Å². The molecule has 0 aromatic carbocycles. The van der Waals surface area contributed by atoms with E-state index < -0.39 is 11.2 Å². The summed E-state index contributed by atoms with van der Waals surface area (Å²) in [6, 6.07) is 0. The van der Waals surface area contributed by atoms with Crippen LogP contribution in [0.25, 0.3) is 0 Å². The van der Waals surface area contributed by atoms with E-state index in [1.807, 2.05) is 0 Å². The first-order chi connectivity index (χ1) is 3.46. The first kappa shape index (κ1) is 22.5. The van der Waals surface area contributed by atoms with Crippen molar-refractivity contribution in [3.63, 3.8) is 0 Å². The van der Waals surface area contributed by atoms with E-state index in [0.29, 0.717) is 0 Å². The van der Waals surface area contributed by atoms with Crippen LogP contribution in [0, 0.1) is 10.1 Å². The fraction of sp³-hybridized carbons (Fsp3) is 0. The van der Waals surface area contributed by atoms with E-state index in [1.54, 1.807) is 0 Å². The Morgan fingerprint density at radius 2 is 1.40 bits per heavy atom. The Bertz CT molecular complexity index is 75.7. The minimum atomic E-state index is -1.83. The predicted molar refractivity (Wildman–Crippen MR) is 33.7 cm³/mol. The van der Waals surface area contributed by atoms with Crippen molar-refractivity contribution in [3.8, 4) is 0 Å². The molecule has 0 amide bonds. The monoisotopic (exact) mass is 189 g/mol. The summed E-state index contributed by atoms with van der Waals surface area (Å²) in [5, 5.41) is 27.6. The third kappa shape index (κ3) is 489. The molecule has 0 saturated carbocycles. The van der Waals surface area contributed by atoms with Gasteiger partial charge < -0.3 is 15.4 Å². The van der Waals surface area contributed by atoms with Crippen LogP contribution < -0.4 is 0 Å². The molecular formula is CH5KNNaO6. The van der Waals surface area contributed by atoms with Crippen LogP contribution in [0.2, 0.25) is 0 Å². The number of hydrogen-bond acceptors (Lipinski definition) is 3. The van der Waals surface area contributed by atoms with Gasteiger partial charge in [0, 0.05) is 0 Å². The summed E-state index contributed by atoms with van der Waals surface area (Å²) in [5.41, 5.74) is 0. The summed E-state index contributed by atoms with van der Waals surface area (Å²) in [6.45, 7) is 0. The van der Waals surface area contributed by atoms with Gasteiger partial charge in [0.2, 0.25) is 0 Å². The molecule has 52 valence electrons. The number of hydrogen-bond donors (Lipinski definition) is 3. The van der Waals surface area contributed by atoms with Gasteiger partial charge in [-0.25, -0.2) is 4.79 Å². The molecule has 0 aliphatic rings. The summed E-state index contributed by atoms with van der Waals surface area (Å²) in [5.74, 6) is 0. The van der Waals surface area contributed by atoms with Gasteiger partial charge in [-0.2, -0.15) is 0 Å². The van der Waals surface area contributed by atoms with Gasteiger partial charge in [0.1, 0.15) is 0 Å². The molecule has 0 heterocycles. The predicted octanol–water partition coefficient (Wildman–Crippen LogP) is -1.42. The molecule has 9 heteroatoms. The number of carboxylic acid groups (broad SMARTS) is 2. The Morgan fingerprint density at radius 1 is 1.40 bits per heavy atom. The summed E-state index contributed by atoms with van der Waals surface area (Å²) < 4.78 is 0. The molecule has 0 rings (SSSR count). The molecule has 0 aliphatic carbocycles. The van der Waals surface area contributed by atoms with E-state index in [0.717, 1.165) is 0 Å². The van der Waals surface area contributed by atoms with E-state index in [4.69, 9.17) is 30.3 Å². The third-order valence-electron chi connectivity index (χ3n) is 0. The normalized spacial score (nSPS) is 4.80. The van der Waals surface area contributed by atoms with Crippen LogP contribution in [0.4, 0.5) is 4.79 Å². The number of nitrogens with zero attached hydrogens (tertiary/aromatic N) is 1. The molecule has 0 atom stereocenters. The van der Waals surface area contributed by atoms with Gasteiger partial charge in [-0.3, -0.25) is 0 Å². The standard InChI is InChI=1S/CH2O3.K.HNO3.Na.2H/c2-1(3)4;;2-1(3)4;;;/h(H2,2,3,4);;(H,2,3,4);;;. The molecule has 0 saturated heterocycles. The van der Waals surface area contributed by atoms with E-state index >= 15 is 0 Å². The number of carbonyl (C=O) groups is 1. The van der Waals surface area contributed by atoms with E-state index in [9.17, 15) is 0 Å². The van der Waals surface area contributed by atoms with Crippen molar-refractivity contribution in [1.29, 1.82) is 0 Å². The van der Waals surface area contributed by atoms with Gasteiger partial charge in [0.15, 0.2) is 0 Å². The average Bonchev–Trinajstić information content (AvgIpc) is 1.25. The zero-order valence-corrected chi connectivity index (χ0v) is 3.51. The Labute approximate surface area is 120 Å². The summed E-state index contributed by atoms with van der Waals surface area (Å²) >= 11 is 0. The molecule has 3 N–H and O–H groups in total. The minimum absolute atomic E-state index is 0. The van der Waals surface area contributed by atoms with Gasteiger partial charge in [0.05, 0.1) is 0 Å². The summed E-state index contributed by atoms with van der Waals surface area (Å²) in [4.78, 5) is 16.9.